The number of rotatable bonds is 8. The molecule has 1 atom stereocenters. The van der Waals surface area contributed by atoms with Crippen LogP contribution in [0.15, 0.2) is 48.5 Å². The van der Waals surface area contributed by atoms with E-state index in [1.54, 1.807) is 7.05 Å². The molecule has 176 valence electrons. The normalized spacial score (nSPS) is 13.6. The first-order valence-electron chi connectivity index (χ1n) is 11.2. The molecule has 2 aromatic carbocycles. The second-order valence-corrected chi connectivity index (χ2v) is 9.53. The Morgan fingerprint density at radius 2 is 1.58 bits per heavy atom. The van der Waals surface area contributed by atoms with Crippen LogP contribution in [0.4, 0.5) is 4.79 Å². The molecule has 0 spiro atoms. The second-order valence-electron chi connectivity index (χ2n) is 9.53. The van der Waals surface area contributed by atoms with Crippen molar-refractivity contribution in [2.45, 2.75) is 45.6 Å². The minimum atomic E-state index is -0.903. The average molecular weight is 453 g/mol. The summed E-state index contributed by atoms with van der Waals surface area (Å²) in [6.07, 6.45) is -0.319. The number of nitrogens with zero attached hydrogens (tertiary/aromatic N) is 1. The van der Waals surface area contributed by atoms with E-state index in [-0.39, 0.29) is 24.9 Å². The first-order chi connectivity index (χ1) is 15.6. The molecule has 0 aliphatic heterocycles. The van der Waals surface area contributed by atoms with Gasteiger partial charge in [-0.15, -0.1) is 0 Å². The van der Waals surface area contributed by atoms with Crippen molar-refractivity contribution in [3.05, 3.63) is 59.7 Å². The third-order valence-corrected chi connectivity index (χ3v) is 5.98. The summed E-state index contributed by atoms with van der Waals surface area (Å²) in [6, 6.07) is 15.4. The molecular weight excluding hydrogens is 420 g/mol. The van der Waals surface area contributed by atoms with Gasteiger partial charge in [-0.2, -0.15) is 0 Å². The highest BCUT2D eigenvalue weighted by atomic mass is 16.5. The zero-order chi connectivity index (χ0) is 24.2. The van der Waals surface area contributed by atoms with E-state index in [0.717, 1.165) is 22.3 Å². The number of likely N-dealkylation sites (N-methyl/N-ethyl adjacent to an activating group) is 1. The Morgan fingerprint density at radius 1 is 1.03 bits per heavy atom. The lowest BCUT2D eigenvalue weighted by Crippen LogP contribution is -2.54. The number of ether oxygens (including phenoxy) is 1. The van der Waals surface area contributed by atoms with Crippen LogP contribution in [0.1, 0.15) is 50.7 Å². The number of carboxylic acids is 1. The molecule has 2 amide bonds. The highest BCUT2D eigenvalue weighted by molar-refractivity contribution is 5.86. The molecule has 33 heavy (non-hydrogen) atoms. The van der Waals surface area contributed by atoms with Crippen LogP contribution >= 0.6 is 0 Å². The van der Waals surface area contributed by atoms with Crippen molar-refractivity contribution >= 4 is 18.0 Å². The number of carbonyl (C=O) groups excluding carboxylic acids is 2. The summed E-state index contributed by atoms with van der Waals surface area (Å²) in [7, 11) is 1.61. The summed E-state index contributed by atoms with van der Waals surface area (Å²) in [5.74, 6) is -1.24. The third kappa shape index (κ3) is 5.72. The number of fused-ring (bicyclic) bond motifs is 3. The summed E-state index contributed by atoms with van der Waals surface area (Å²) in [5.41, 5.74) is 3.98. The second kappa shape index (κ2) is 10.1. The Bertz CT molecular complexity index is 982. The van der Waals surface area contributed by atoms with Crippen molar-refractivity contribution < 1.29 is 24.2 Å². The topological polar surface area (TPSA) is 95.9 Å². The standard InChI is InChI=1S/C26H32N2O5/c1-26(2,3)23(24(31)28(4)15-9-14-22(29)30)27-25(32)33-16-21-19-12-7-5-10-17(19)18-11-6-8-13-20(18)21/h5-8,10-13,21,23H,9,14-16H2,1-4H3,(H,27,32)(H,29,30)/t23-/m1/s1. The summed E-state index contributed by atoms with van der Waals surface area (Å²) in [4.78, 5) is 37.9. The van der Waals surface area contributed by atoms with Crippen LogP contribution in [-0.4, -0.2) is 54.2 Å². The predicted molar refractivity (Wildman–Crippen MR) is 126 cm³/mol. The number of hydrogen-bond acceptors (Lipinski definition) is 4. The fourth-order valence-electron chi connectivity index (χ4n) is 4.20. The molecule has 0 saturated heterocycles. The molecule has 7 nitrogen and oxygen atoms in total. The highest BCUT2D eigenvalue weighted by Gasteiger charge is 2.36. The fraction of sp³-hybridized carbons (Fsp3) is 0.423. The van der Waals surface area contributed by atoms with E-state index < -0.39 is 23.5 Å². The lowest BCUT2D eigenvalue weighted by Gasteiger charge is -2.33. The van der Waals surface area contributed by atoms with Crippen LogP contribution in [0.5, 0.6) is 0 Å². The quantitative estimate of drug-likeness (QED) is 0.624. The van der Waals surface area contributed by atoms with Crippen LogP contribution in [0, 0.1) is 5.41 Å². The van der Waals surface area contributed by atoms with Crippen LogP contribution in [-0.2, 0) is 14.3 Å². The van der Waals surface area contributed by atoms with Gasteiger partial charge in [0.25, 0.3) is 0 Å². The van der Waals surface area contributed by atoms with E-state index in [9.17, 15) is 14.4 Å². The number of nitrogens with one attached hydrogen (secondary N) is 1. The Hall–Kier alpha value is -3.35. The van der Waals surface area contributed by atoms with Gasteiger partial charge in [-0.1, -0.05) is 69.3 Å². The lowest BCUT2D eigenvalue weighted by atomic mass is 9.86. The summed E-state index contributed by atoms with van der Waals surface area (Å²) >= 11 is 0. The molecular formula is C26H32N2O5. The van der Waals surface area contributed by atoms with Crippen LogP contribution in [0.2, 0.25) is 0 Å². The monoisotopic (exact) mass is 452 g/mol. The minimum absolute atomic E-state index is 0.0163. The summed E-state index contributed by atoms with van der Waals surface area (Å²) < 4.78 is 5.61. The highest BCUT2D eigenvalue weighted by Crippen LogP contribution is 2.44. The van der Waals surface area contributed by atoms with Crippen LogP contribution < -0.4 is 5.32 Å². The largest absolute Gasteiger partial charge is 0.481 e. The van der Waals surface area contributed by atoms with E-state index in [1.807, 2.05) is 45.0 Å². The van der Waals surface area contributed by atoms with E-state index >= 15 is 0 Å². The summed E-state index contributed by atoms with van der Waals surface area (Å²) in [6.45, 7) is 6.06. The Morgan fingerprint density at radius 3 is 2.09 bits per heavy atom. The van der Waals surface area contributed by atoms with Crippen molar-refractivity contribution in [3.8, 4) is 11.1 Å². The van der Waals surface area contributed by atoms with Crippen LogP contribution in [0.25, 0.3) is 11.1 Å². The average Bonchev–Trinajstić information content (AvgIpc) is 3.08. The smallest absolute Gasteiger partial charge is 0.407 e. The molecule has 0 radical (unpaired) electrons. The SMILES string of the molecule is CN(CCCC(=O)O)C(=O)[C@@H](NC(=O)OCC1c2ccccc2-c2ccccc21)C(C)(C)C. The molecule has 0 heterocycles. The van der Waals surface area contributed by atoms with Gasteiger partial charge >= 0.3 is 12.1 Å². The van der Waals surface area contributed by atoms with Gasteiger partial charge < -0.3 is 20.1 Å². The third-order valence-electron chi connectivity index (χ3n) is 5.98. The molecule has 1 aliphatic carbocycles. The van der Waals surface area contributed by atoms with Crippen molar-refractivity contribution in [2.75, 3.05) is 20.2 Å². The van der Waals surface area contributed by atoms with Crippen molar-refractivity contribution in [2.24, 2.45) is 5.41 Å². The zero-order valence-corrected chi connectivity index (χ0v) is 19.6. The number of carbonyl (C=O) groups is 3. The number of amides is 2. The molecule has 2 aromatic rings. The van der Waals surface area contributed by atoms with Gasteiger partial charge in [-0.25, -0.2) is 4.79 Å². The van der Waals surface area contributed by atoms with Crippen molar-refractivity contribution in [1.82, 2.24) is 10.2 Å². The number of benzene rings is 2. The predicted octanol–water partition coefficient (Wildman–Crippen LogP) is 4.26. The molecule has 0 unspecified atom stereocenters. The van der Waals surface area contributed by atoms with Gasteiger partial charge in [0.1, 0.15) is 12.6 Å². The molecule has 3 rings (SSSR count). The number of alkyl carbamates (subject to hydrolysis) is 1. The summed E-state index contributed by atoms with van der Waals surface area (Å²) in [5, 5.41) is 11.6. The maximum atomic E-state index is 13.0. The molecule has 2 N–H and O–H groups in total. The molecule has 7 heteroatoms. The van der Waals surface area contributed by atoms with Gasteiger partial charge in [-0.3, -0.25) is 9.59 Å². The zero-order valence-electron chi connectivity index (χ0n) is 19.6. The molecule has 0 saturated carbocycles. The first kappa shape index (κ1) is 24.3. The van der Waals surface area contributed by atoms with Crippen molar-refractivity contribution in [3.63, 3.8) is 0 Å². The molecule has 0 aromatic heterocycles. The minimum Gasteiger partial charge on any atom is -0.481 e. The molecule has 0 bridgehead atoms. The fourth-order valence-corrected chi connectivity index (χ4v) is 4.20. The van der Waals surface area contributed by atoms with Crippen molar-refractivity contribution in [1.29, 1.82) is 0 Å². The number of carboxylic acid groups (broad SMARTS) is 1. The van der Waals surface area contributed by atoms with Gasteiger partial charge in [0.05, 0.1) is 0 Å². The van der Waals surface area contributed by atoms with Gasteiger partial charge in [0.2, 0.25) is 5.91 Å². The van der Waals surface area contributed by atoms with Gasteiger partial charge in [-0.05, 0) is 34.1 Å². The van der Waals surface area contributed by atoms with E-state index in [2.05, 4.69) is 29.6 Å². The Kier molecular flexibility index (Phi) is 7.41. The Labute approximate surface area is 194 Å². The van der Waals surface area contributed by atoms with Crippen LogP contribution in [0.3, 0.4) is 0 Å². The maximum absolute atomic E-state index is 13.0. The molecule has 1 aliphatic rings. The number of aliphatic carboxylic acids is 1. The van der Waals surface area contributed by atoms with E-state index in [4.69, 9.17) is 9.84 Å². The van der Waals surface area contributed by atoms with Gasteiger partial charge in [0.15, 0.2) is 0 Å². The Balaban J connectivity index is 1.66. The number of hydrogen-bond donors (Lipinski definition) is 2. The first-order valence-corrected chi connectivity index (χ1v) is 11.2. The van der Waals surface area contributed by atoms with Gasteiger partial charge in [0, 0.05) is 25.9 Å². The molecule has 0 fully saturated rings. The van der Waals surface area contributed by atoms with E-state index in [0.29, 0.717) is 13.0 Å². The maximum Gasteiger partial charge on any atom is 0.407 e. The lowest BCUT2D eigenvalue weighted by molar-refractivity contribution is -0.138. The van der Waals surface area contributed by atoms with E-state index in [1.165, 1.54) is 4.90 Å².